The van der Waals surface area contributed by atoms with Crippen LogP contribution in [0.5, 0.6) is 5.75 Å². The van der Waals surface area contributed by atoms with E-state index in [9.17, 15) is 4.79 Å². The molecule has 0 saturated carbocycles. The van der Waals surface area contributed by atoms with Crippen molar-refractivity contribution < 1.29 is 14.3 Å². The number of amides is 1. The summed E-state index contributed by atoms with van der Waals surface area (Å²) in [6.45, 7) is 8.32. The number of hydrogen-bond acceptors (Lipinski definition) is 5. The van der Waals surface area contributed by atoms with E-state index in [-0.39, 0.29) is 5.91 Å². The highest BCUT2D eigenvalue weighted by atomic mass is 16.5. The lowest BCUT2D eigenvalue weighted by atomic mass is 9.94. The Kier molecular flexibility index (Phi) is 5.72. The first kappa shape index (κ1) is 17.8. The molecule has 3 aliphatic rings. The summed E-state index contributed by atoms with van der Waals surface area (Å²) in [6.07, 6.45) is 1.72. The molecule has 1 amide bonds. The molecule has 0 spiro atoms. The zero-order valence-electron chi connectivity index (χ0n) is 15.4. The summed E-state index contributed by atoms with van der Waals surface area (Å²) in [4.78, 5) is 16.4. The fourth-order valence-electron chi connectivity index (χ4n) is 4.21. The average Bonchev–Trinajstić information content (AvgIpc) is 3.05. The van der Waals surface area contributed by atoms with Crippen LogP contribution in [-0.4, -0.2) is 74.3 Å². The van der Waals surface area contributed by atoms with Crippen LogP contribution in [0.25, 0.3) is 0 Å². The summed E-state index contributed by atoms with van der Waals surface area (Å²) in [6, 6.07) is 8.80. The minimum Gasteiger partial charge on any atom is -0.492 e. The van der Waals surface area contributed by atoms with Crippen LogP contribution in [0.1, 0.15) is 18.4 Å². The number of fused-ring (bicyclic) bond motifs is 1. The van der Waals surface area contributed by atoms with Crippen molar-refractivity contribution >= 4 is 5.91 Å². The molecule has 0 aromatic heterocycles. The maximum Gasteiger partial charge on any atom is 0.220 e. The number of likely N-dealkylation sites (tertiary alicyclic amines) is 1. The topological polar surface area (TPSA) is 54.0 Å². The molecule has 4 rings (SSSR count). The lowest BCUT2D eigenvalue weighted by Crippen LogP contribution is -2.44. The Morgan fingerprint density at radius 2 is 1.92 bits per heavy atom. The molecule has 1 aromatic carbocycles. The SMILES string of the molecule is O=C1CCC2CN(Cc3ccc(OCCN4CCOCC4)cc3)CC2N1. The van der Waals surface area contributed by atoms with E-state index in [1.807, 2.05) is 0 Å². The Labute approximate surface area is 155 Å². The number of carbonyl (C=O) groups excluding carboxylic acids is 1. The first-order valence-corrected chi connectivity index (χ1v) is 9.80. The van der Waals surface area contributed by atoms with Gasteiger partial charge in [-0.1, -0.05) is 12.1 Å². The highest BCUT2D eigenvalue weighted by Gasteiger charge is 2.36. The number of hydrogen-bond donors (Lipinski definition) is 1. The second kappa shape index (κ2) is 8.37. The molecule has 142 valence electrons. The molecule has 3 fully saturated rings. The number of benzene rings is 1. The van der Waals surface area contributed by atoms with Gasteiger partial charge < -0.3 is 14.8 Å². The smallest absolute Gasteiger partial charge is 0.220 e. The summed E-state index contributed by atoms with van der Waals surface area (Å²) in [7, 11) is 0. The van der Waals surface area contributed by atoms with Crippen LogP contribution in [-0.2, 0) is 16.1 Å². The van der Waals surface area contributed by atoms with Crippen molar-refractivity contribution in [3.8, 4) is 5.75 Å². The third-order valence-corrected chi connectivity index (χ3v) is 5.71. The Balaban J connectivity index is 1.21. The molecular weight excluding hydrogens is 330 g/mol. The second-order valence-corrected chi connectivity index (χ2v) is 7.61. The average molecular weight is 359 g/mol. The van der Waals surface area contributed by atoms with E-state index in [1.54, 1.807) is 0 Å². The molecule has 2 unspecified atom stereocenters. The summed E-state index contributed by atoms with van der Waals surface area (Å²) in [5, 5.41) is 3.14. The molecule has 6 heteroatoms. The quantitative estimate of drug-likeness (QED) is 0.825. The number of nitrogens with one attached hydrogen (secondary N) is 1. The Morgan fingerprint density at radius 3 is 2.73 bits per heavy atom. The van der Waals surface area contributed by atoms with Crippen molar-refractivity contribution in [2.24, 2.45) is 5.92 Å². The van der Waals surface area contributed by atoms with Crippen LogP contribution in [0.3, 0.4) is 0 Å². The number of rotatable bonds is 6. The maximum absolute atomic E-state index is 11.5. The van der Waals surface area contributed by atoms with E-state index in [4.69, 9.17) is 9.47 Å². The third kappa shape index (κ3) is 4.55. The van der Waals surface area contributed by atoms with Crippen LogP contribution in [0.2, 0.25) is 0 Å². The summed E-state index contributed by atoms with van der Waals surface area (Å²) in [5.41, 5.74) is 1.30. The van der Waals surface area contributed by atoms with Gasteiger partial charge in [-0.25, -0.2) is 0 Å². The van der Waals surface area contributed by atoms with Crippen molar-refractivity contribution in [1.29, 1.82) is 0 Å². The molecule has 1 aromatic rings. The van der Waals surface area contributed by atoms with Crippen molar-refractivity contribution in [1.82, 2.24) is 15.1 Å². The number of carbonyl (C=O) groups is 1. The van der Waals surface area contributed by atoms with Gasteiger partial charge in [-0.05, 0) is 30.0 Å². The normalized spacial score (nSPS) is 27.2. The molecule has 1 N–H and O–H groups in total. The maximum atomic E-state index is 11.5. The van der Waals surface area contributed by atoms with Gasteiger partial charge in [0.2, 0.25) is 5.91 Å². The molecule has 3 saturated heterocycles. The minimum atomic E-state index is 0.215. The lowest BCUT2D eigenvalue weighted by molar-refractivity contribution is -0.123. The first-order valence-electron chi connectivity index (χ1n) is 9.80. The Bertz CT molecular complexity index is 601. The van der Waals surface area contributed by atoms with Gasteiger partial charge in [0.15, 0.2) is 0 Å². The van der Waals surface area contributed by atoms with E-state index in [0.717, 1.165) is 64.7 Å². The minimum absolute atomic E-state index is 0.215. The third-order valence-electron chi connectivity index (χ3n) is 5.71. The van der Waals surface area contributed by atoms with Gasteiger partial charge >= 0.3 is 0 Å². The molecule has 6 nitrogen and oxygen atoms in total. The molecule has 3 heterocycles. The highest BCUT2D eigenvalue weighted by molar-refractivity contribution is 5.77. The zero-order chi connectivity index (χ0) is 17.8. The van der Waals surface area contributed by atoms with Gasteiger partial charge in [-0.2, -0.15) is 0 Å². The van der Waals surface area contributed by atoms with Crippen LogP contribution in [0.4, 0.5) is 0 Å². The van der Waals surface area contributed by atoms with E-state index in [0.29, 0.717) is 25.0 Å². The predicted molar refractivity (Wildman–Crippen MR) is 99.1 cm³/mol. The summed E-state index contributed by atoms with van der Waals surface area (Å²) in [5.74, 6) is 1.77. The standard InChI is InChI=1S/C20H29N3O3/c24-20-6-3-17-14-23(15-19(17)21-20)13-16-1-4-18(5-2-16)26-12-9-22-7-10-25-11-8-22/h1-2,4-5,17,19H,3,6-15H2,(H,21,24). The monoisotopic (exact) mass is 359 g/mol. The molecule has 2 atom stereocenters. The fraction of sp³-hybridized carbons (Fsp3) is 0.650. The van der Waals surface area contributed by atoms with Gasteiger partial charge in [-0.15, -0.1) is 0 Å². The Hall–Kier alpha value is -1.63. The van der Waals surface area contributed by atoms with Gasteiger partial charge in [0.05, 0.1) is 13.2 Å². The first-order chi connectivity index (χ1) is 12.8. The molecule has 0 aliphatic carbocycles. The van der Waals surface area contributed by atoms with E-state index >= 15 is 0 Å². The van der Waals surface area contributed by atoms with Gasteiger partial charge in [0.1, 0.15) is 12.4 Å². The second-order valence-electron chi connectivity index (χ2n) is 7.61. The van der Waals surface area contributed by atoms with Gasteiger partial charge in [0.25, 0.3) is 0 Å². The van der Waals surface area contributed by atoms with Crippen LogP contribution in [0, 0.1) is 5.92 Å². The largest absolute Gasteiger partial charge is 0.492 e. The van der Waals surface area contributed by atoms with E-state index in [1.165, 1.54) is 5.56 Å². The molecular formula is C20H29N3O3. The lowest BCUT2D eigenvalue weighted by Gasteiger charge is -2.26. The van der Waals surface area contributed by atoms with Gasteiger partial charge in [-0.3, -0.25) is 14.6 Å². The van der Waals surface area contributed by atoms with Crippen molar-refractivity contribution in [3.63, 3.8) is 0 Å². The molecule has 3 aliphatic heterocycles. The number of piperidine rings is 1. The number of ether oxygens (including phenoxy) is 2. The Morgan fingerprint density at radius 1 is 1.12 bits per heavy atom. The number of nitrogens with zero attached hydrogens (tertiary/aromatic N) is 2. The number of morpholine rings is 1. The van der Waals surface area contributed by atoms with Crippen LogP contribution >= 0.6 is 0 Å². The van der Waals surface area contributed by atoms with E-state index in [2.05, 4.69) is 39.4 Å². The molecule has 0 bridgehead atoms. The van der Waals surface area contributed by atoms with Crippen molar-refractivity contribution in [2.75, 3.05) is 52.5 Å². The zero-order valence-corrected chi connectivity index (χ0v) is 15.4. The van der Waals surface area contributed by atoms with E-state index < -0.39 is 0 Å². The molecule has 26 heavy (non-hydrogen) atoms. The molecule has 0 radical (unpaired) electrons. The van der Waals surface area contributed by atoms with Crippen LogP contribution < -0.4 is 10.1 Å². The predicted octanol–water partition coefficient (Wildman–Crippen LogP) is 1.11. The van der Waals surface area contributed by atoms with Crippen molar-refractivity contribution in [2.45, 2.75) is 25.4 Å². The summed E-state index contributed by atoms with van der Waals surface area (Å²) < 4.78 is 11.2. The van der Waals surface area contributed by atoms with Crippen molar-refractivity contribution in [3.05, 3.63) is 29.8 Å². The van der Waals surface area contributed by atoms with Gasteiger partial charge in [0, 0.05) is 51.7 Å². The fourth-order valence-corrected chi connectivity index (χ4v) is 4.21. The van der Waals surface area contributed by atoms with Crippen LogP contribution in [0.15, 0.2) is 24.3 Å². The highest BCUT2D eigenvalue weighted by Crippen LogP contribution is 2.26. The summed E-state index contributed by atoms with van der Waals surface area (Å²) >= 11 is 0.